The molecular weight excluding hydrogens is 380 g/mol. The van der Waals surface area contributed by atoms with Crippen LogP contribution >= 0.6 is 0 Å². The molecule has 1 aliphatic carbocycles. The van der Waals surface area contributed by atoms with E-state index in [1.54, 1.807) is 17.0 Å². The van der Waals surface area contributed by atoms with Crippen molar-refractivity contribution in [3.05, 3.63) is 29.8 Å². The zero-order valence-corrected chi connectivity index (χ0v) is 17.2. The number of sulfonamides is 1. The first-order valence-electron chi connectivity index (χ1n) is 9.57. The first-order chi connectivity index (χ1) is 13.2. The van der Waals surface area contributed by atoms with Crippen LogP contribution in [0.3, 0.4) is 0 Å². The Bertz CT molecular complexity index is 830. The number of hydrogen-bond acceptors (Lipinski definition) is 5. The fourth-order valence-electron chi connectivity index (χ4n) is 3.31. The second-order valence-corrected chi connectivity index (χ2v) is 9.46. The summed E-state index contributed by atoms with van der Waals surface area (Å²) >= 11 is 0. The van der Waals surface area contributed by atoms with Gasteiger partial charge in [0.1, 0.15) is 6.54 Å². The third-order valence-corrected chi connectivity index (χ3v) is 6.22. The Morgan fingerprint density at radius 2 is 1.79 bits per heavy atom. The molecule has 1 aliphatic heterocycles. The number of carbonyl (C=O) groups excluding carboxylic acids is 2. The van der Waals surface area contributed by atoms with Gasteiger partial charge in [0.15, 0.2) is 0 Å². The smallest absolute Gasteiger partial charge is 0.243 e. The highest BCUT2D eigenvalue weighted by molar-refractivity contribution is 7.92. The molecule has 0 radical (unpaired) electrons. The van der Waals surface area contributed by atoms with Crippen LogP contribution in [0.1, 0.15) is 18.4 Å². The second-order valence-electron chi connectivity index (χ2n) is 7.55. The average Bonchev–Trinajstić information content (AvgIpc) is 3.44. The Morgan fingerprint density at radius 1 is 1.14 bits per heavy atom. The van der Waals surface area contributed by atoms with Crippen LogP contribution in [0.2, 0.25) is 0 Å². The summed E-state index contributed by atoms with van der Waals surface area (Å²) in [6.07, 6.45) is 3.24. The number of hydrogen-bond donors (Lipinski definition) is 1. The minimum absolute atomic E-state index is 0.0325. The molecule has 28 heavy (non-hydrogen) atoms. The van der Waals surface area contributed by atoms with E-state index in [0.29, 0.717) is 44.5 Å². The summed E-state index contributed by atoms with van der Waals surface area (Å²) in [5, 5.41) is 2.97. The van der Waals surface area contributed by atoms with Crippen molar-refractivity contribution in [1.82, 2.24) is 15.1 Å². The number of amides is 2. The predicted octanol–water partition coefficient (Wildman–Crippen LogP) is 0.184. The second kappa shape index (κ2) is 8.48. The van der Waals surface area contributed by atoms with E-state index in [-0.39, 0.29) is 18.4 Å². The number of nitrogens with one attached hydrogen (secondary N) is 1. The minimum atomic E-state index is -3.58. The quantitative estimate of drug-likeness (QED) is 0.695. The molecule has 1 aromatic rings. The van der Waals surface area contributed by atoms with Crippen molar-refractivity contribution >= 4 is 27.5 Å². The van der Waals surface area contributed by atoms with Crippen molar-refractivity contribution in [1.29, 1.82) is 0 Å². The summed E-state index contributed by atoms with van der Waals surface area (Å²) in [4.78, 5) is 28.4. The van der Waals surface area contributed by atoms with Gasteiger partial charge in [-0.05, 0) is 31.4 Å². The molecule has 0 bridgehead atoms. The lowest BCUT2D eigenvalue weighted by molar-refractivity contribution is -0.131. The molecule has 0 aromatic heterocycles. The van der Waals surface area contributed by atoms with Gasteiger partial charge in [-0.3, -0.25) is 18.8 Å². The lowest BCUT2D eigenvalue weighted by Gasteiger charge is -2.35. The molecule has 2 aliphatic rings. The first kappa shape index (κ1) is 20.6. The van der Waals surface area contributed by atoms with Gasteiger partial charge in [0.2, 0.25) is 21.8 Å². The van der Waals surface area contributed by atoms with Crippen molar-refractivity contribution in [3.63, 3.8) is 0 Å². The Balaban J connectivity index is 1.56. The van der Waals surface area contributed by atoms with Gasteiger partial charge in [0, 0.05) is 32.2 Å². The van der Waals surface area contributed by atoms with Crippen LogP contribution in [-0.2, 0) is 19.6 Å². The van der Waals surface area contributed by atoms with Crippen molar-refractivity contribution in [2.45, 2.75) is 25.8 Å². The van der Waals surface area contributed by atoms with Crippen LogP contribution in [0, 0.1) is 6.92 Å². The van der Waals surface area contributed by atoms with Gasteiger partial charge in [-0.1, -0.05) is 18.2 Å². The molecule has 0 unspecified atom stereocenters. The maximum absolute atomic E-state index is 12.7. The van der Waals surface area contributed by atoms with E-state index < -0.39 is 10.0 Å². The molecule has 2 amide bonds. The normalized spacial score (nSPS) is 18.0. The standard InChI is InChI=1S/C19H28N4O4S/c1-15-5-3-4-6-17(15)23(28(2,26)27)14-19(25)22-11-9-21(10-12-22)13-18(24)20-16-7-8-16/h3-6,16H,7-14H2,1-2H3,(H,20,24). The number of nitrogens with zero attached hydrogens (tertiary/aromatic N) is 3. The lowest BCUT2D eigenvalue weighted by atomic mass is 10.2. The van der Waals surface area contributed by atoms with E-state index in [0.717, 1.165) is 24.7 Å². The van der Waals surface area contributed by atoms with E-state index in [9.17, 15) is 18.0 Å². The molecule has 1 aromatic carbocycles. The van der Waals surface area contributed by atoms with E-state index in [4.69, 9.17) is 0 Å². The molecule has 0 spiro atoms. The van der Waals surface area contributed by atoms with E-state index >= 15 is 0 Å². The number of anilines is 1. The van der Waals surface area contributed by atoms with Crippen LogP contribution in [0.25, 0.3) is 0 Å². The largest absolute Gasteiger partial charge is 0.352 e. The zero-order valence-electron chi connectivity index (χ0n) is 16.4. The van der Waals surface area contributed by atoms with Crippen molar-refractivity contribution in [3.8, 4) is 0 Å². The van der Waals surface area contributed by atoms with Crippen LogP contribution in [0.4, 0.5) is 5.69 Å². The highest BCUT2D eigenvalue weighted by Crippen LogP contribution is 2.22. The first-order valence-corrected chi connectivity index (χ1v) is 11.4. The minimum Gasteiger partial charge on any atom is -0.352 e. The molecule has 1 saturated heterocycles. The van der Waals surface area contributed by atoms with Crippen LogP contribution in [0.5, 0.6) is 0 Å². The van der Waals surface area contributed by atoms with E-state index in [1.807, 2.05) is 24.0 Å². The van der Waals surface area contributed by atoms with Gasteiger partial charge in [-0.15, -0.1) is 0 Å². The van der Waals surface area contributed by atoms with Gasteiger partial charge in [-0.2, -0.15) is 0 Å². The molecule has 1 N–H and O–H groups in total. The third-order valence-electron chi connectivity index (χ3n) is 5.10. The Morgan fingerprint density at radius 3 is 2.36 bits per heavy atom. The van der Waals surface area contributed by atoms with Crippen LogP contribution in [-0.4, -0.2) is 81.6 Å². The molecule has 9 heteroatoms. The number of aryl methyl sites for hydroxylation is 1. The maximum atomic E-state index is 12.7. The molecule has 8 nitrogen and oxygen atoms in total. The topological polar surface area (TPSA) is 90.0 Å². The van der Waals surface area contributed by atoms with Gasteiger partial charge >= 0.3 is 0 Å². The summed E-state index contributed by atoms with van der Waals surface area (Å²) < 4.78 is 25.7. The summed E-state index contributed by atoms with van der Waals surface area (Å²) in [5.74, 6) is -0.194. The molecule has 3 rings (SSSR count). The van der Waals surface area contributed by atoms with E-state index in [2.05, 4.69) is 5.32 Å². The summed E-state index contributed by atoms with van der Waals surface area (Å²) in [7, 11) is -3.58. The van der Waals surface area contributed by atoms with Gasteiger partial charge in [0.25, 0.3) is 0 Å². The Labute approximate surface area is 166 Å². The van der Waals surface area contributed by atoms with Crippen molar-refractivity contribution < 1.29 is 18.0 Å². The third kappa shape index (κ3) is 5.45. The monoisotopic (exact) mass is 408 g/mol. The summed E-state index contributed by atoms with van der Waals surface area (Å²) in [5.41, 5.74) is 1.32. The predicted molar refractivity (Wildman–Crippen MR) is 108 cm³/mol. The van der Waals surface area contributed by atoms with Gasteiger partial charge in [0.05, 0.1) is 18.5 Å². The number of rotatable bonds is 7. The van der Waals surface area contributed by atoms with Crippen LogP contribution in [0.15, 0.2) is 24.3 Å². The van der Waals surface area contributed by atoms with Crippen LogP contribution < -0.4 is 9.62 Å². The Kier molecular flexibility index (Phi) is 6.24. The molecule has 154 valence electrons. The fraction of sp³-hybridized carbons (Fsp3) is 0.579. The lowest BCUT2D eigenvalue weighted by Crippen LogP contribution is -2.53. The highest BCUT2D eigenvalue weighted by Gasteiger charge is 2.28. The fourth-order valence-corrected chi connectivity index (χ4v) is 4.21. The van der Waals surface area contributed by atoms with E-state index in [1.165, 1.54) is 4.31 Å². The Hall–Kier alpha value is -2.13. The number of piperazine rings is 1. The maximum Gasteiger partial charge on any atom is 0.243 e. The van der Waals surface area contributed by atoms with Gasteiger partial charge < -0.3 is 10.2 Å². The zero-order chi connectivity index (χ0) is 20.3. The highest BCUT2D eigenvalue weighted by atomic mass is 32.2. The van der Waals surface area contributed by atoms with Crippen molar-refractivity contribution in [2.24, 2.45) is 0 Å². The molecule has 2 fully saturated rings. The molecule has 0 atom stereocenters. The molecular formula is C19H28N4O4S. The molecule has 1 heterocycles. The van der Waals surface area contributed by atoms with Crippen molar-refractivity contribution in [2.75, 3.05) is 49.8 Å². The number of carbonyl (C=O) groups is 2. The SMILES string of the molecule is Cc1ccccc1N(CC(=O)N1CCN(CC(=O)NC2CC2)CC1)S(C)(=O)=O. The number of para-hydroxylation sites is 1. The summed E-state index contributed by atoms with van der Waals surface area (Å²) in [6.45, 7) is 4.13. The number of benzene rings is 1. The molecule has 1 saturated carbocycles. The average molecular weight is 409 g/mol. The summed E-state index contributed by atoms with van der Waals surface area (Å²) in [6, 6.07) is 7.47. The van der Waals surface area contributed by atoms with Gasteiger partial charge in [-0.25, -0.2) is 8.42 Å².